The summed E-state index contributed by atoms with van der Waals surface area (Å²) in [4.78, 5) is 10.4. The minimum Gasteiger partial charge on any atom is -0.478 e. The molecule has 0 bridgehead atoms. The summed E-state index contributed by atoms with van der Waals surface area (Å²) in [6.07, 6.45) is 0. The van der Waals surface area contributed by atoms with Crippen molar-refractivity contribution in [1.82, 2.24) is 0 Å². The molecule has 2 unspecified atom stereocenters. The maximum atomic E-state index is 10.5. The number of hydrogen-bond donors (Lipinski definition) is 3. The van der Waals surface area contributed by atoms with E-state index in [9.17, 15) is 9.00 Å². The van der Waals surface area contributed by atoms with E-state index in [0.29, 0.717) is 0 Å². The molecule has 0 heterocycles. The first kappa shape index (κ1) is 10.8. The Morgan fingerprint density at radius 2 is 1.79 bits per heavy atom. The molecule has 14 heavy (non-hydrogen) atoms. The molecule has 0 fully saturated rings. The quantitative estimate of drug-likeness (QED) is 0.643. The molecular weight excluding hydrogens is 208 g/mol. The number of aliphatic hydroxyl groups is 1. The Bertz CT molecular complexity index is 358. The molecule has 1 aromatic rings. The monoisotopic (exact) mass is 216 g/mol. The summed E-state index contributed by atoms with van der Waals surface area (Å²) < 4.78 is 19.0. The van der Waals surface area contributed by atoms with Gasteiger partial charge in [-0.25, -0.2) is 9.00 Å². The molecule has 0 amide bonds. The molecule has 0 aliphatic rings. The fraction of sp³-hybridized carbons (Fsp3) is 0.125. The Kier molecular flexibility index (Phi) is 3.34. The number of carboxylic acids is 1. The van der Waals surface area contributed by atoms with Gasteiger partial charge in [-0.1, -0.05) is 12.1 Å². The first-order chi connectivity index (χ1) is 6.52. The maximum absolute atomic E-state index is 10.5. The lowest BCUT2D eigenvalue weighted by molar-refractivity contribution is 0.0697. The molecule has 0 spiro atoms. The molecule has 6 heteroatoms. The number of aromatic carboxylic acids is 1. The molecule has 0 aliphatic heterocycles. The molecule has 76 valence electrons. The van der Waals surface area contributed by atoms with E-state index in [-0.39, 0.29) is 11.1 Å². The highest BCUT2D eigenvalue weighted by Gasteiger charge is 2.13. The van der Waals surface area contributed by atoms with E-state index < -0.39 is 22.5 Å². The SMILES string of the molecule is O=C(O)c1ccc(C(O)S(=O)O)cc1. The number of rotatable bonds is 3. The van der Waals surface area contributed by atoms with Crippen LogP contribution < -0.4 is 0 Å². The summed E-state index contributed by atoms with van der Waals surface area (Å²) in [6, 6.07) is 5.10. The molecule has 5 nitrogen and oxygen atoms in total. The van der Waals surface area contributed by atoms with Gasteiger partial charge in [-0.2, -0.15) is 0 Å². The maximum Gasteiger partial charge on any atom is 0.335 e. The summed E-state index contributed by atoms with van der Waals surface area (Å²) in [6.45, 7) is 0. The summed E-state index contributed by atoms with van der Waals surface area (Å²) in [7, 11) is 0. The minimum atomic E-state index is -2.37. The van der Waals surface area contributed by atoms with Gasteiger partial charge in [0.1, 0.15) is 0 Å². The predicted octanol–water partition coefficient (Wildman–Crippen LogP) is 0.597. The van der Waals surface area contributed by atoms with Gasteiger partial charge in [-0.3, -0.25) is 0 Å². The number of aliphatic hydroxyl groups excluding tert-OH is 1. The van der Waals surface area contributed by atoms with Crippen LogP contribution in [-0.2, 0) is 11.1 Å². The Hall–Kier alpha value is -1.24. The van der Waals surface area contributed by atoms with Gasteiger partial charge in [0.25, 0.3) is 0 Å². The highest BCUT2D eigenvalue weighted by atomic mass is 32.2. The van der Waals surface area contributed by atoms with Gasteiger partial charge in [-0.05, 0) is 17.7 Å². The Balaban J connectivity index is 2.94. The van der Waals surface area contributed by atoms with Crippen molar-refractivity contribution in [1.29, 1.82) is 0 Å². The zero-order chi connectivity index (χ0) is 10.7. The largest absolute Gasteiger partial charge is 0.478 e. The number of hydrogen-bond acceptors (Lipinski definition) is 3. The van der Waals surface area contributed by atoms with Crippen LogP contribution in [0.5, 0.6) is 0 Å². The molecule has 2 atom stereocenters. The van der Waals surface area contributed by atoms with E-state index in [1.807, 2.05) is 0 Å². The molecule has 3 N–H and O–H groups in total. The highest BCUT2D eigenvalue weighted by Crippen LogP contribution is 2.15. The van der Waals surface area contributed by atoms with Crippen molar-refractivity contribution in [3.05, 3.63) is 35.4 Å². The van der Waals surface area contributed by atoms with Crippen LogP contribution in [-0.4, -0.2) is 24.9 Å². The second-order valence-electron chi connectivity index (χ2n) is 2.56. The highest BCUT2D eigenvalue weighted by molar-refractivity contribution is 7.79. The zero-order valence-electron chi connectivity index (χ0n) is 6.95. The molecule has 0 saturated heterocycles. The van der Waals surface area contributed by atoms with E-state index in [4.69, 9.17) is 14.8 Å². The fourth-order valence-electron chi connectivity index (χ4n) is 0.907. The number of carboxylic acid groups (broad SMARTS) is 1. The van der Waals surface area contributed by atoms with Crippen molar-refractivity contribution in [3.8, 4) is 0 Å². The van der Waals surface area contributed by atoms with E-state index in [2.05, 4.69) is 0 Å². The molecular formula is C8H8O5S. The standard InChI is InChI=1S/C8H8O5S/c9-7(10)5-1-3-6(4-2-5)8(11)14(12)13/h1-4,8,11H,(H,9,10)(H,12,13). The summed E-state index contributed by atoms with van der Waals surface area (Å²) in [5, 5.41) is 17.7. The van der Waals surface area contributed by atoms with E-state index in [1.54, 1.807) is 0 Å². The van der Waals surface area contributed by atoms with Crippen molar-refractivity contribution in [2.24, 2.45) is 0 Å². The molecule has 1 aromatic carbocycles. The first-order valence-electron chi connectivity index (χ1n) is 3.63. The lowest BCUT2D eigenvalue weighted by Crippen LogP contribution is -2.05. The summed E-state index contributed by atoms with van der Waals surface area (Å²) >= 11 is -2.37. The van der Waals surface area contributed by atoms with Crippen molar-refractivity contribution >= 4 is 17.0 Å². The van der Waals surface area contributed by atoms with Crippen LogP contribution in [0.3, 0.4) is 0 Å². The molecule has 0 radical (unpaired) electrons. The van der Waals surface area contributed by atoms with E-state index >= 15 is 0 Å². The van der Waals surface area contributed by atoms with Gasteiger partial charge in [0, 0.05) is 0 Å². The van der Waals surface area contributed by atoms with Gasteiger partial charge >= 0.3 is 5.97 Å². The fourth-order valence-corrected chi connectivity index (χ4v) is 1.30. The second-order valence-corrected chi connectivity index (χ2v) is 3.55. The number of carbonyl (C=O) groups is 1. The summed E-state index contributed by atoms with van der Waals surface area (Å²) in [5.41, 5.74) is -1.24. The van der Waals surface area contributed by atoms with Crippen molar-refractivity contribution in [2.75, 3.05) is 0 Å². The van der Waals surface area contributed by atoms with Gasteiger partial charge in [-0.15, -0.1) is 0 Å². The van der Waals surface area contributed by atoms with Crippen molar-refractivity contribution < 1.29 is 23.8 Å². The average Bonchev–Trinajstić information content (AvgIpc) is 2.16. The number of benzene rings is 1. The van der Waals surface area contributed by atoms with E-state index in [1.165, 1.54) is 24.3 Å². The predicted molar refractivity (Wildman–Crippen MR) is 49.1 cm³/mol. The topological polar surface area (TPSA) is 94.8 Å². The van der Waals surface area contributed by atoms with Crippen molar-refractivity contribution in [3.63, 3.8) is 0 Å². The lowest BCUT2D eigenvalue weighted by Gasteiger charge is -2.05. The van der Waals surface area contributed by atoms with Gasteiger partial charge in [0.2, 0.25) is 0 Å². The van der Waals surface area contributed by atoms with Gasteiger partial charge in [0.15, 0.2) is 16.5 Å². The molecule has 0 aliphatic carbocycles. The Morgan fingerprint density at radius 1 is 1.29 bits per heavy atom. The van der Waals surface area contributed by atoms with Crippen LogP contribution in [0.25, 0.3) is 0 Å². The zero-order valence-corrected chi connectivity index (χ0v) is 7.77. The third-order valence-electron chi connectivity index (χ3n) is 1.63. The Labute approximate surface area is 82.3 Å². The van der Waals surface area contributed by atoms with Gasteiger partial charge in [0.05, 0.1) is 5.56 Å². The Morgan fingerprint density at radius 3 is 2.14 bits per heavy atom. The molecule has 1 rings (SSSR count). The van der Waals surface area contributed by atoms with Crippen LogP contribution in [0.2, 0.25) is 0 Å². The van der Waals surface area contributed by atoms with E-state index in [0.717, 1.165) is 0 Å². The normalized spacial score (nSPS) is 14.7. The second kappa shape index (κ2) is 4.32. The molecule has 0 saturated carbocycles. The summed E-state index contributed by atoms with van der Waals surface area (Å²) in [5.74, 6) is -1.09. The van der Waals surface area contributed by atoms with Crippen LogP contribution in [0.4, 0.5) is 0 Å². The third kappa shape index (κ3) is 2.38. The van der Waals surface area contributed by atoms with Crippen LogP contribution >= 0.6 is 0 Å². The lowest BCUT2D eigenvalue weighted by atomic mass is 10.1. The minimum absolute atomic E-state index is 0.0599. The van der Waals surface area contributed by atoms with Crippen LogP contribution in [0, 0.1) is 0 Å². The smallest absolute Gasteiger partial charge is 0.335 e. The van der Waals surface area contributed by atoms with Crippen LogP contribution in [0.15, 0.2) is 24.3 Å². The average molecular weight is 216 g/mol. The molecule has 0 aromatic heterocycles. The van der Waals surface area contributed by atoms with Gasteiger partial charge < -0.3 is 14.8 Å². The van der Waals surface area contributed by atoms with Crippen LogP contribution in [0.1, 0.15) is 21.4 Å². The van der Waals surface area contributed by atoms with Crippen molar-refractivity contribution in [2.45, 2.75) is 5.44 Å². The third-order valence-corrected chi connectivity index (χ3v) is 2.29. The first-order valence-corrected chi connectivity index (χ1v) is 4.80.